The predicted octanol–water partition coefficient (Wildman–Crippen LogP) is 2.44. The van der Waals surface area contributed by atoms with E-state index in [1.54, 1.807) is 0 Å². The van der Waals surface area contributed by atoms with E-state index in [9.17, 15) is 14.7 Å². The lowest BCUT2D eigenvalue weighted by Crippen LogP contribution is -2.50. The van der Waals surface area contributed by atoms with Gasteiger partial charge in [-0.2, -0.15) is 0 Å². The number of nitrogens with zero attached hydrogens (tertiary/aromatic N) is 1. The van der Waals surface area contributed by atoms with Crippen molar-refractivity contribution in [3.63, 3.8) is 0 Å². The van der Waals surface area contributed by atoms with Gasteiger partial charge in [-0.15, -0.1) is 0 Å². The van der Waals surface area contributed by atoms with Crippen LogP contribution in [0.25, 0.3) is 0 Å². The minimum Gasteiger partial charge on any atom is -0.444 e. The number of alkyl carbamates (subject to hydrolysis) is 1. The first-order valence-corrected chi connectivity index (χ1v) is 9.22. The fourth-order valence-corrected chi connectivity index (χ4v) is 3.86. The first-order chi connectivity index (χ1) is 11.3. The van der Waals surface area contributed by atoms with Crippen molar-refractivity contribution in [2.45, 2.75) is 83.5 Å². The lowest BCUT2D eigenvalue weighted by atomic mass is 9.87. The summed E-state index contributed by atoms with van der Waals surface area (Å²) in [5.74, 6) is 0.280. The second-order valence-corrected chi connectivity index (χ2v) is 7.99. The number of hydrogen-bond donors (Lipinski definition) is 2. The number of ether oxygens (including phenoxy) is 1. The van der Waals surface area contributed by atoms with E-state index in [1.807, 2.05) is 25.7 Å². The van der Waals surface area contributed by atoms with Crippen molar-refractivity contribution in [1.82, 2.24) is 10.2 Å². The summed E-state index contributed by atoms with van der Waals surface area (Å²) in [4.78, 5) is 26.2. The molecule has 1 aliphatic heterocycles. The van der Waals surface area contributed by atoms with Crippen molar-refractivity contribution in [1.29, 1.82) is 0 Å². The number of carbonyl (C=O) groups excluding carboxylic acids is 2. The topological polar surface area (TPSA) is 78.9 Å². The van der Waals surface area contributed by atoms with Crippen LogP contribution in [0.3, 0.4) is 0 Å². The van der Waals surface area contributed by atoms with Crippen LogP contribution in [0.1, 0.15) is 65.7 Å². The fraction of sp³-hybridized carbons (Fsp3) is 0.889. The highest BCUT2D eigenvalue weighted by Gasteiger charge is 2.38. The normalized spacial score (nSPS) is 27.8. The Balaban J connectivity index is 1.82. The maximum Gasteiger partial charge on any atom is 0.407 e. The quantitative estimate of drug-likeness (QED) is 0.824. The molecule has 3 atom stereocenters. The highest BCUT2D eigenvalue weighted by atomic mass is 16.6. The van der Waals surface area contributed by atoms with Crippen molar-refractivity contribution >= 4 is 12.0 Å². The first kappa shape index (κ1) is 19.0. The van der Waals surface area contributed by atoms with Gasteiger partial charge in [-0.1, -0.05) is 6.42 Å². The number of rotatable bonds is 4. The average molecular weight is 340 g/mol. The zero-order valence-corrected chi connectivity index (χ0v) is 15.2. The molecule has 1 heterocycles. The summed E-state index contributed by atoms with van der Waals surface area (Å²) in [7, 11) is 0. The minimum atomic E-state index is -0.537. The summed E-state index contributed by atoms with van der Waals surface area (Å²) in [6, 6.07) is 0.158. The van der Waals surface area contributed by atoms with Crippen molar-refractivity contribution < 1.29 is 19.4 Å². The number of hydrogen-bond acceptors (Lipinski definition) is 4. The summed E-state index contributed by atoms with van der Waals surface area (Å²) in [6.45, 7) is 6.47. The van der Waals surface area contributed by atoms with E-state index in [1.165, 1.54) is 0 Å². The van der Waals surface area contributed by atoms with Gasteiger partial charge in [-0.05, 0) is 52.9 Å². The lowest BCUT2D eigenvalue weighted by Gasteiger charge is -2.40. The van der Waals surface area contributed by atoms with Crippen LogP contribution in [0.4, 0.5) is 4.79 Å². The number of nitrogens with one attached hydrogen (secondary N) is 1. The Hall–Kier alpha value is -1.30. The van der Waals surface area contributed by atoms with Gasteiger partial charge in [0.2, 0.25) is 5.91 Å². The van der Waals surface area contributed by atoms with Gasteiger partial charge in [0.25, 0.3) is 0 Å². The smallest absolute Gasteiger partial charge is 0.407 e. The molecule has 2 aliphatic rings. The molecule has 0 aromatic rings. The summed E-state index contributed by atoms with van der Waals surface area (Å²) in [5.41, 5.74) is -0.537. The van der Waals surface area contributed by atoms with Crippen LogP contribution in [-0.2, 0) is 9.53 Å². The number of aliphatic hydroxyl groups is 1. The Bertz CT molecular complexity index is 447. The maximum absolute atomic E-state index is 12.6. The third-order valence-electron chi connectivity index (χ3n) is 4.90. The zero-order chi connectivity index (χ0) is 17.7. The number of likely N-dealkylation sites (tertiary alicyclic amines) is 1. The van der Waals surface area contributed by atoms with Gasteiger partial charge in [0.15, 0.2) is 0 Å². The molecule has 0 bridgehead atoms. The van der Waals surface area contributed by atoms with Crippen LogP contribution < -0.4 is 5.32 Å². The zero-order valence-electron chi connectivity index (χ0n) is 15.2. The van der Waals surface area contributed by atoms with E-state index >= 15 is 0 Å². The number of aliphatic hydroxyl groups excluding tert-OH is 1. The minimum absolute atomic E-state index is 0.0647. The largest absolute Gasteiger partial charge is 0.444 e. The molecular weight excluding hydrogens is 308 g/mol. The SMILES string of the molecule is CC(C)(C)OC(=O)NCCC(=O)N1CCCC[C@@H]1[C@H]1CCC[C@@H]1O. The van der Waals surface area contributed by atoms with E-state index < -0.39 is 11.7 Å². The molecule has 24 heavy (non-hydrogen) atoms. The Morgan fingerprint density at radius 2 is 1.92 bits per heavy atom. The van der Waals surface area contributed by atoms with Crippen molar-refractivity contribution in [3.8, 4) is 0 Å². The molecule has 2 fully saturated rings. The van der Waals surface area contributed by atoms with Gasteiger partial charge in [0.05, 0.1) is 6.10 Å². The molecule has 6 nitrogen and oxygen atoms in total. The molecular formula is C18H32N2O4. The average Bonchev–Trinajstić information content (AvgIpc) is 2.91. The van der Waals surface area contributed by atoms with Gasteiger partial charge in [-0.25, -0.2) is 4.79 Å². The molecule has 1 saturated heterocycles. The van der Waals surface area contributed by atoms with E-state index in [0.29, 0.717) is 0 Å². The van der Waals surface area contributed by atoms with Crippen molar-refractivity contribution in [2.24, 2.45) is 5.92 Å². The highest BCUT2D eigenvalue weighted by molar-refractivity contribution is 5.77. The monoisotopic (exact) mass is 340 g/mol. The van der Waals surface area contributed by atoms with Gasteiger partial charge < -0.3 is 20.1 Å². The molecule has 0 aromatic carbocycles. The Kier molecular flexibility index (Phi) is 6.49. The van der Waals surface area contributed by atoms with Gasteiger partial charge in [0.1, 0.15) is 5.60 Å². The molecule has 2 amide bonds. The van der Waals surface area contributed by atoms with Crippen molar-refractivity contribution in [3.05, 3.63) is 0 Å². The molecule has 6 heteroatoms. The number of carbonyl (C=O) groups is 2. The summed E-state index contributed by atoms with van der Waals surface area (Å²) in [6.07, 6.45) is 5.53. The Labute approximate surface area is 144 Å². The van der Waals surface area contributed by atoms with E-state index in [-0.39, 0.29) is 36.9 Å². The molecule has 2 rings (SSSR count). The molecule has 0 unspecified atom stereocenters. The predicted molar refractivity (Wildman–Crippen MR) is 91.6 cm³/mol. The number of amides is 2. The van der Waals surface area contributed by atoms with Crippen LogP contribution in [-0.4, -0.2) is 52.8 Å². The summed E-state index contributed by atoms with van der Waals surface area (Å²) >= 11 is 0. The van der Waals surface area contributed by atoms with E-state index in [2.05, 4.69) is 5.32 Å². The van der Waals surface area contributed by atoms with Crippen LogP contribution in [0.2, 0.25) is 0 Å². The summed E-state index contributed by atoms with van der Waals surface area (Å²) in [5, 5.41) is 12.8. The molecule has 0 radical (unpaired) electrons. The van der Waals surface area contributed by atoms with Gasteiger partial charge in [0, 0.05) is 31.5 Å². The van der Waals surface area contributed by atoms with E-state index in [4.69, 9.17) is 4.74 Å². The second kappa shape index (κ2) is 8.19. The van der Waals surface area contributed by atoms with Gasteiger partial charge >= 0.3 is 6.09 Å². The number of piperidine rings is 1. The van der Waals surface area contributed by atoms with Crippen LogP contribution in [0, 0.1) is 5.92 Å². The van der Waals surface area contributed by atoms with E-state index in [0.717, 1.165) is 45.1 Å². The second-order valence-electron chi connectivity index (χ2n) is 7.99. The molecule has 2 N–H and O–H groups in total. The van der Waals surface area contributed by atoms with Crippen LogP contribution in [0.5, 0.6) is 0 Å². The fourth-order valence-electron chi connectivity index (χ4n) is 3.86. The molecule has 0 aromatic heterocycles. The molecule has 138 valence electrons. The highest BCUT2D eigenvalue weighted by Crippen LogP contribution is 2.35. The molecule has 0 spiro atoms. The lowest BCUT2D eigenvalue weighted by molar-refractivity contribution is -0.137. The summed E-state index contributed by atoms with van der Waals surface area (Å²) < 4.78 is 5.17. The maximum atomic E-state index is 12.6. The standard InChI is InChI=1S/C18H32N2O4/c1-18(2,3)24-17(23)19-11-10-16(22)20-12-5-4-8-14(20)13-7-6-9-15(13)21/h13-15,21H,4-12H2,1-3H3,(H,19,23)/t13-,14-,15+/m1/s1. The van der Waals surface area contributed by atoms with Crippen LogP contribution in [0.15, 0.2) is 0 Å². The molecule has 1 aliphatic carbocycles. The third-order valence-corrected chi connectivity index (χ3v) is 4.90. The third kappa shape index (κ3) is 5.36. The molecule has 1 saturated carbocycles. The first-order valence-electron chi connectivity index (χ1n) is 9.22. The van der Waals surface area contributed by atoms with Crippen LogP contribution >= 0.6 is 0 Å². The van der Waals surface area contributed by atoms with Crippen molar-refractivity contribution in [2.75, 3.05) is 13.1 Å². The Morgan fingerprint density at radius 1 is 1.17 bits per heavy atom. The van der Waals surface area contributed by atoms with Gasteiger partial charge in [-0.3, -0.25) is 4.79 Å². The Morgan fingerprint density at radius 3 is 2.54 bits per heavy atom.